The first-order valence-electron chi connectivity index (χ1n) is 4.57. The van der Waals surface area contributed by atoms with E-state index in [1.54, 1.807) is 10.4 Å². The molecule has 1 aromatic heterocycles. The molecule has 2 heteroatoms. The van der Waals surface area contributed by atoms with E-state index >= 15 is 0 Å². The highest BCUT2D eigenvalue weighted by Crippen LogP contribution is 2.31. The van der Waals surface area contributed by atoms with Crippen LogP contribution in [0.15, 0.2) is 5.38 Å². The van der Waals surface area contributed by atoms with Crippen molar-refractivity contribution < 1.29 is 0 Å². The second-order valence-corrected chi connectivity index (χ2v) is 4.63. The lowest BCUT2D eigenvalue weighted by atomic mass is 9.88. The Balaban J connectivity index is 2.24. The first-order valence-corrected chi connectivity index (χ1v) is 5.45. The van der Waals surface area contributed by atoms with Crippen LogP contribution in [0.1, 0.15) is 22.4 Å². The van der Waals surface area contributed by atoms with Crippen molar-refractivity contribution in [3.05, 3.63) is 21.4 Å². The van der Waals surface area contributed by atoms with Gasteiger partial charge < -0.3 is 5.73 Å². The van der Waals surface area contributed by atoms with Crippen LogP contribution in [0.3, 0.4) is 0 Å². The summed E-state index contributed by atoms with van der Waals surface area (Å²) in [5.41, 5.74) is 8.78. The molecule has 1 aliphatic rings. The van der Waals surface area contributed by atoms with Crippen LogP contribution < -0.4 is 5.73 Å². The number of hydrogen-bond acceptors (Lipinski definition) is 2. The number of fused-ring (bicyclic) bond motifs is 1. The van der Waals surface area contributed by atoms with Crippen molar-refractivity contribution in [2.45, 2.75) is 26.2 Å². The third-order valence-corrected chi connectivity index (χ3v) is 3.97. The van der Waals surface area contributed by atoms with Gasteiger partial charge in [-0.15, -0.1) is 11.3 Å². The third kappa shape index (κ3) is 1.29. The summed E-state index contributed by atoms with van der Waals surface area (Å²) in [5, 5.41) is 2.28. The number of hydrogen-bond donors (Lipinski definition) is 1. The molecule has 1 aromatic rings. The van der Waals surface area contributed by atoms with Gasteiger partial charge in [0, 0.05) is 4.88 Å². The van der Waals surface area contributed by atoms with E-state index in [1.165, 1.54) is 24.8 Å². The van der Waals surface area contributed by atoms with E-state index in [2.05, 4.69) is 12.3 Å². The average molecular weight is 181 g/mol. The van der Waals surface area contributed by atoms with Gasteiger partial charge in [-0.2, -0.15) is 0 Å². The summed E-state index contributed by atoms with van der Waals surface area (Å²) in [5.74, 6) is 0.746. The van der Waals surface area contributed by atoms with Crippen molar-refractivity contribution in [3.63, 3.8) is 0 Å². The van der Waals surface area contributed by atoms with Gasteiger partial charge in [-0.3, -0.25) is 0 Å². The number of rotatable bonds is 1. The molecule has 0 radical (unpaired) electrons. The van der Waals surface area contributed by atoms with Crippen LogP contribution in [0.5, 0.6) is 0 Å². The Kier molecular flexibility index (Phi) is 2.20. The lowest BCUT2D eigenvalue weighted by molar-refractivity contribution is 0.474. The highest BCUT2D eigenvalue weighted by molar-refractivity contribution is 7.10. The van der Waals surface area contributed by atoms with Crippen LogP contribution in [0.25, 0.3) is 0 Å². The number of thiophene rings is 1. The Morgan fingerprint density at radius 3 is 3.25 bits per heavy atom. The SMILES string of the molecule is Cc1csc2c1CCC(CN)C2. The molecule has 2 rings (SSSR count). The molecule has 1 nitrogen and oxygen atoms in total. The molecule has 0 aromatic carbocycles. The van der Waals surface area contributed by atoms with Gasteiger partial charge in [0.05, 0.1) is 0 Å². The lowest BCUT2D eigenvalue weighted by Crippen LogP contribution is -2.21. The van der Waals surface area contributed by atoms with Crippen LogP contribution in [0.4, 0.5) is 0 Å². The summed E-state index contributed by atoms with van der Waals surface area (Å²) in [6.07, 6.45) is 3.78. The van der Waals surface area contributed by atoms with Gasteiger partial charge in [-0.1, -0.05) is 0 Å². The number of nitrogens with two attached hydrogens (primary N) is 1. The minimum absolute atomic E-state index is 0.746. The molecular weight excluding hydrogens is 166 g/mol. The topological polar surface area (TPSA) is 26.0 Å². The van der Waals surface area contributed by atoms with E-state index in [0.717, 1.165) is 12.5 Å². The maximum Gasteiger partial charge on any atom is 0.00831 e. The zero-order valence-electron chi connectivity index (χ0n) is 7.47. The first kappa shape index (κ1) is 8.27. The molecule has 1 unspecified atom stereocenters. The van der Waals surface area contributed by atoms with E-state index in [-0.39, 0.29) is 0 Å². The van der Waals surface area contributed by atoms with Crippen molar-refractivity contribution >= 4 is 11.3 Å². The van der Waals surface area contributed by atoms with Gasteiger partial charge in [-0.05, 0) is 55.2 Å². The predicted octanol–water partition coefficient (Wildman–Crippen LogP) is 2.12. The van der Waals surface area contributed by atoms with E-state index in [0.29, 0.717) is 0 Å². The summed E-state index contributed by atoms with van der Waals surface area (Å²) in [6, 6.07) is 0. The Morgan fingerprint density at radius 2 is 2.50 bits per heavy atom. The van der Waals surface area contributed by atoms with Gasteiger partial charge in [0.2, 0.25) is 0 Å². The largest absolute Gasteiger partial charge is 0.330 e. The van der Waals surface area contributed by atoms with Crippen molar-refractivity contribution in [1.82, 2.24) is 0 Å². The lowest BCUT2D eigenvalue weighted by Gasteiger charge is -2.20. The van der Waals surface area contributed by atoms with Crippen LogP contribution in [0, 0.1) is 12.8 Å². The van der Waals surface area contributed by atoms with Gasteiger partial charge in [0.1, 0.15) is 0 Å². The Bertz CT molecular complexity index is 277. The van der Waals surface area contributed by atoms with Crippen LogP contribution in [0.2, 0.25) is 0 Å². The van der Waals surface area contributed by atoms with Crippen LogP contribution in [-0.2, 0) is 12.8 Å². The molecule has 1 atom stereocenters. The Labute approximate surface area is 77.6 Å². The fourth-order valence-electron chi connectivity index (χ4n) is 1.94. The van der Waals surface area contributed by atoms with Crippen LogP contribution >= 0.6 is 11.3 Å². The maximum atomic E-state index is 5.67. The molecule has 0 spiro atoms. The fourth-order valence-corrected chi connectivity index (χ4v) is 3.14. The Hall–Kier alpha value is -0.340. The van der Waals surface area contributed by atoms with E-state index < -0.39 is 0 Å². The quantitative estimate of drug-likeness (QED) is 0.705. The van der Waals surface area contributed by atoms with E-state index in [9.17, 15) is 0 Å². The smallest absolute Gasteiger partial charge is 0.00831 e. The molecule has 0 saturated heterocycles. The molecule has 1 aliphatic carbocycles. The normalized spacial score (nSPS) is 22.3. The van der Waals surface area contributed by atoms with E-state index in [1.807, 2.05) is 11.3 Å². The molecule has 12 heavy (non-hydrogen) atoms. The minimum Gasteiger partial charge on any atom is -0.330 e. The molecule has 0 amide bonds. The minimum atomic E-state index is 0.746. The molecule has 0 fully saturated rings. The zero-order chi connectivity index (χ0) is 8.55. The van der Waals surface area contributed by atoms with Gasteiger partial charge in [0.25, 0.3) is 0 Å². The second-order valence-electron chi connectivity index (χ2n) is 3.66. The summed E-state index contributed by atoms with van der Waals surface area (Å²) >= 11 is 1.92. The van der Waals surface area contributed by atoms with Gasteiger partial charge in [0.15, 0.2) is 0 Å². The van der Waals surface area contributed by atoms with Crippen molar-refractivity contribution in [2.24, 2.45) is 11.7 Å². The fraction of sp³-hybridized carbons (Fsp3) is 0.600. The maximum absolute atomic E-state index is 5.67. The van der Waals surface area contributed by atoms with Crippen LogP contribution in [-0.4, -0.2) is 6.54 Å². The second kappa shape index (κ2) is 3.19. The summed E-state index contributed by atoms with van der Waals surface area (Å²) in [6.45, 7) is 3.08. The molecule has 1 heterocycles. The third-order valence-electron chi connectivity index (χ3n) is 2.80. The van der Waals surface area contributed by atoms with Crippen molar-refractivity contribution in [3.8, 4) is 0 Å². The molecule has 66 valence electrons. The highest BCUT2D eigenvalue weighted by atomic mass is 32.1. The van der Waals surface area contributed by atoms with Crippen molar-refractivity contribution in [1.29, 1.82) is 0 Å². The van der Waals surface area contributed by atoms with Gasteiger partial charge >= 0.3 is 0 Å². The molecule has 0 aliphatic heterocycles. The predicted molar refractivity (Wildman–Crippen MR) is 53.6 cm³/mol. The average Bonchev–Trinajstić information content (AvgIpc) is 2.47. The molecule has 0 bridgehead atoms. The van der Waals surface area contributed by atoms with Gasteiger partial charge in [-0.25, -0.2) is 0 Å². The molecular formula is C10H15NS. The molecule has 2 N–H and O–H groups in total. The zero-order valence-corrected chi connectivity index (χ0v) is 8.29. The Morgan fingerprint density at radius 1 is 1.67 bits per heavy atom. The monoisotopic (exact) mass is 181 g/mol. The standard InChI is InChI=1S/C10H15NS/c1-7-6-12-10-4-8(5-11)2-3-9(7)10/h6,8H,2-5,11H2,1H3. The highest BCUT2D eigenvalue weighted by Gasteiger charge is 2.19. The summed E-state index contributed by atoms with van der Waals surface area (Å²) in [7, 11) is 0. The first-order chi connectivity index (χ1) is 5.81. The summed E-state index contributed by atoms with van der Waals surface area (Å²) < 4.78 is 0. The number of aryl methyl sites for hydroxylation is 1. The molecule has 0 saturated carbocycles. The van der Waals surface area contributed by atoms with Crippen molar-refractivity contribution in [2.75, 3.05) is 6.54 Å². The summed E-state index contributed by atoms with van der Waals surface area (Å²) in [4.78, 5) is 1.59. The van der Waals surface area contributed by atoms with E-state index in [4.69, 9.17) is 5.73 Å².